The van der Waals surface area contributed by atoms with Gasteiger partial charge in [0.05, 0.1) is 11.6 Å². The molecule has 4 rings (SSSR count). The largest absolute Gasteiger partial charge is 0.480 e. The molecule has 0 spiro atoms. The molecular formula is C27H24N4O3S. The average molecular weight is 485 g/mol. The van der Waals surface area contributed by atoms with Crippen molar-refractivity contribution in [3.63, 3.8) is 0 Å². The standard InChI is InChI=1S/C27H24N4O3S/c1-16(2)24(26(33)34)31-15-20-13-19(7-12-23(20)25(31)32)18-5-10-22(11-6-18)30-27(35)29-21-8-3-17(14-28)4-9-21/h3-13,16,24H,15H2,1-2H3,(H,33,34)(H2,29,30,35)/t24-/m0/s1. The van der Waals surface area contributed by atoms with Crippen molar-refractivity contribution in [2.45, 2.75) is 26.4 Å². The monoisotopic (exact) mass is 484 g/mol. The fourth-order valence-electron chi connectivity index (χ4n) is 4.19. The summed E-state index contributed by atoms with van der Waals surface area (Å²) in [7, 11) is 0. The summed E-state index contributed by atoms with van der Waals surface area (Å²) in [6.45, 7) is 3.90. The van der Waals surface area contributed by atoms with E-state index in [9.17, 15) is 14.7 Å². The number of carboxylic acid groups (broad SMARTS) is 1. The Morgan fingerprint density at radius 2 is 1.57 bits per heavy atom. The summed E-state index contributed by atoms with van der Waals surface area (Å²) in [5, 5.41) is 25.1. The summed E-state index contributed by atoms with van der Waals surface area (Å²) in [4.78, 5) is 26.0. The van der Waals surface area contributed by atoms with Crippen LogP contribution in [-0.4, -0.2) is 33.0 Å². The first-order valence-electron chi connectivity index (χ1n) is 11.1. The number of fused-ring (bicyclic) bond motifs is 1. The zero-order valence-electron chi connectivity index (χ0n) is 19.3. The number of hydrogen-bond acceptors (Lipinski definition) is 4. The van der Waals surface area contributed by atoms with E-state index in [0.29, 0.717) is 16.2 Å². The molecule has 0 radical (unpaired) electrons. The minimum absolute atomic E-state index is 0.192. The second kappa shape index (κ2) is 9.95. The van der Waals surface area contributed by atoms with Crippen molar-refractivity contribution in [1.29, 1.82) is 5.26 Å². The molecular weight excluding hydrogens is 460 g/mol. The van der Waals surface area contributed by atoms with Crippen LogP contribution in [0, 0.1) is 17.2 Å². The summed E-state index contributed by atoms with van der Waals surface area (Å²) in [6.07, 6.45) is 0. The van der Waals surface area contributed by atoms with Crippen LogP contribution in [0.2, 0.25) is 0 Å². The van der Waals surface area contributed by atoms with E-state index < -0.39 is 12.0 Å². The van der Waals surface area contributed by atoms with Crippen LogP contribution in [0.3, 0.4) is 0 Å². The maximum atomic E-state index is 12.8. The number of benzene rings is 3. The Labute approximate surface area is 209 Å². The van der Waals surface area contributed by atoms with Gasteiger partial charge in [-0.25, -0.2) is 4.79 Å². The molecule has 0 aliphatic carbocycles. The predicted octanol–water partition coefficient (Wildman–Crippen LogP) is 5.10. The number of carbonyl (C=O) groups is 2. The zero-order chi connectivity index (χ0) is 25.1. The molecule has 8 heteroatoms. The molecule has 1 heterocycles. The van der Waals surface area contributed by atoms with E-state index in [4.69, 9.17) is 17.5 Å². The zero-order valence-corrected chi connectivity index (χ0v) is 20.1. The lowest BCUT2D eigenvalue weighted by molar-refractivity contribution is -0.144. The predicted molar refractivity (Wildman–Crippen MR) is 139 cm³/mol. The van der Waals surface area contributed by atoms with Crippen molar-refractivity contribution in [2.75, 3.05) is 10.6 Å². The molecule has 176 valence electrons. The first kappa shape index (κ1) is 23.9. The third-order valence-corrected chi connectivity index (χ3v) is 6.11. The SMILES string of the molecule is CC(C)[C@@H](C(=O)O)N1Cc2cc(-c3ccc(NC(=S)Nc4ccc(C#N)cc4)cc3)ccc2C1=O. The lowest BCUT2D eigenvalue weighted by Crippen LogP contribution is -2.44. The first-order chi connectivity index (χ1) is 16.8. The van der Waals surface area contributed by atoms with Gasteiger partial charge in [0.1, 0.15) is 6.04 Å². The Kier molecular flexibility index (Phi) is 6.80. The van der Waals surface area contributed by atoms with E-state index >= 15 is 0 Å². The van der Waals surface area contributed by atoms with Crippen LogP contribution >= 0.6 is 12.2 Å². The number of nitrogens with one attached hydrogen (secondary N) is 2. The Hall–Kier alpha value is -4.22. The molecule has 0 bridgehead atoms. The maximum Gasteiger partial charge on any atom is 0.326 e. The molecule has 7 nitrogen and oxygen atoms in total. The highest BCUT2D eigenvalue weighted by Gasteiger charge is 2.38. The number of rotatable bonds is 6. The first-order valence-corrected chi connectivity index (χ1v) is 11.5. The third-order valence-electron chi connectivity index (χ3n) is 5.91. The molecule has 0 saturated heterocycles. The normalized spacial score (nSPS) is 13.2. The summed E-state index contributed by atoms with van der Waals surface area (Å²) < 4.78 is 0. The lowest BCUT2D eigenvalue weighted by Gasteiger charge is -2.27. The highest BCUT2D eigenvalue weighted by atomic mass is 32.1. The van der Waals surface area contributed by atoms with E-state index in [2.05, 4.69) is 16.7 Å². The number of anilines is 2. The van der Waals surface area contributed by atoms with Crippen LogP contribution in [0.4, 0.5) is 11.4 Å². The van der Waals surface area contributed by atoms with Crippen LogP contribution in [0.1, 0.15) is 35.3 Å². The van der Waals surface area contributed by atoms with Crippen LogP contribution in [-0.2, 0) is 11.3 Å². The molecule has 3 aromatic carbocycles. The molecule has 0 unspecified atom stereocenters. The molecule has 1 amide bonds. The minimum atomic E-state index is -0.990. The van der Waals surface area contributed by atoms with Crippen molar-refractivity contribution >= 4 is 40.6 Å². The van der Waals surface area contributed by atoms with Gasteiger partial charge < -0.3 is 20.6 Å². The maximum absolute atomic E-state index is 12.8. The topological polar surface area (TPSA) is 105 Å². The Morgan fingerprint density at radius 3 is 2.11 bits per heavy atom. The van der Waals surface area contributed by atoms with Gasteiger partial charge in [-0.15, -0.1) is 0 Å². The number of thiocarbonyl (C=S) groups is 1. The number of amides is 1. The van der Waals surface area contributed by atoms with Crippen molar-refractivity contribution in [2.24, 2.45) is 5.92 Å². The Morgan fingerprint density at radius 1 is 1.00 bits per heavy atom. The smallest absolute Gasteiger partial charge is 0.326 e. The molecule has 3 aromatic rings. The fraction of sp³-hybridized carbons (Fsp3) is 0.185. The van der Waals surface area contributed by atoms with Crippen molar-refractivity contribution in [3.05, 3.63) is 83.4 Å². The van der Waals surface area contributed by atoms with Gasteiger partial charge in [0.15, 0.2) is 5.11 Å². The number of aliphatic carboxylic acids is 1. The fourth-order valence-corrected chi connectivity index (χ4v) is 4.43. The van der Waals surface area contributed by atoms with E-state index in [-0.39, 0.29) is 18.4 Å². The number of carboxylic acids is 1. The second-order valence-electron chi connectivity index (χ2n) is 8.68. The number of carbonyl (C=O) groups excluding carboxylic acids is 1. The highest BCUT2D eigenvalue weighted by Crippen LogP contribution is 2.31. The summed E-state index contributed by atoms with van der Waals surface area (Å²) in [5.74, 6) is -1.42. The van der Waals surface area contributed by atoms with Gasteiger partial charge in [-0.3, -0.25) is 4.79 Å². The molecule has 1 aliphatic rings. The molecule has 0 aromatic heterocycles. The van der Waals surface area contributed by atoms with Gasteiger partial charge in [0.25, 0.3) is 5.91 Å². The van der Waals surface area contributed by atoms with Gasteiger partial charge >= 0.3 is 5.97 Å². The summed E-state index contributed by atoms with van der Waals surface area (Å²) >= 11 is 5.37. The van der Waals surface area contributed by atoms with Crippen molar-refractivity contribution in [3.8, 4) is 17.2 Å². The van der Waals surface area contributed by atoms with Gasteiger partial charge in [0, 0.05) is 23.5 Å². The minimum Gasteiger partial charge on any atom is -0.480 e. The summed E-state index contributed by atoms with van der Waals surface area (Å²) in [5.41, 5.74) is 5.46. The van der Waals surface area contributed by atoms with E-state index in [0.717, 1.165) is 28.1 Å². The molecule has 0 fully saturated rings. The molecule has 35 heavy (non-hydrogen) atoms. The van der Waals surface area contributed by atoms with Gasteiger partial charge in [-0.05, 0) is 83.4 Å². The number of hydrogen-bond donors (Lipinski definition) is 3. The summed E-state index contributed by atoms with van der Waals surface area (Å²) in [6, 6.07) is 21.6. The number of nitrogens with zero attached hydrogens (tertiary/aromatic N) is 2. The van der Waals surface area contributed by atoms with Crippen LogP contribution in [0.5, 0.6) is 0 Å². The van der Waals surface area contributed by atoms with E-state index in [1.807, 2.05) is 50.2 Å². The Bertz CT molecular complexity index is 1330. The van der Waals surface area contributed by atoms with Gasteiger partial charge in [-0.2, -0.15) is 5.26 Å². The third kappa shape index (κ3) is 5.15. The van der Waals surface area contributed by atoms with Crippen LogP contribution in [0.15, 0.2) is 66.7 Å². The molecule has 0 saturated carbocycles. The van der Waals surface area contributed by atoms with Crippen LogP contribution < -0.4 is 10.6 Å². The van der Waals surface area contributed by atoms with Gasteiger partial charge in [0.2, 0.25) is 0 Å². The van der Waals surface area contributed by atoms with E-state index in [1.54, 1.807) is 30.3 Å². The van der Waals surface area contributed by atoms with Crippen LogP contribution in [0.25, 0.3) is 11.1 Å². The number of nitriles is 1. The Balaban J connectivity index is 1.44. The van der Waals surface area contributed by atoms with Gasteiger partial charge in [-0.1, -0.05) is 32.0 Å². The van der Waals surface area contributed by atoms with Crippen molar-refractivity contribution in [1.82, 2.24) is 4.90 Å². The highest BCUT2D eigenvalue weighted by molar-refractivity contribution is 7.80. The second-order valence-corrected chi connectivity index (χ2v) is 9.09. The van der Waals surface area contributed by atoms with E-state index in [1.165, 1.54) is 4.90 Å². The lowest BCUT2D eigenvalue weighted by atomic mass is 10.0. The molecule has 3 N–H and O–H groups in total. The molecule has 1 aliphatic heterocycles. The average Bonchev–Trinajstić information content (AvgIpc) is 3.14. The van der Waals surface area contributed by atoms with Crippen molar-refractivity contribution < 1.29 is 14.7 Å². The quantitative estimate of drug-likeness (QED) is 0.418. The molecule has 1 atom stereocenters.